The lowest BCUT2D eigenvalue weighted by Gasteiger charge is -2.16. The van der Waals surface area contributed by atoms with Gasteiger partial charge < -0.3 is 9.97 Å². The highest BCUT2D eigenvalue weighted by molar-refractivity contribution is 7.86. The second-order valence-corrected chi connectivity index (χ2v) is 7.26. The number of non-ortho nitro benzene ring substituents is 1. The second kappa shape index (κ2) is 8.48. The number of nitro groups is 1. The number of hydrogen-bond donors (Lipinski definition) is 4. The van der Waals surface area contributed by atoms with Crippen molar-refractivity contribution in [2.75, 3.05) is 0 Å². The third-order valence-corrected chi connectivity index (χ3v) is 4.91. The first-order chi connectivity index (χ1) is 13.2. The maximum atomic E-state index is 11.7. The Morgan fingerprint density at radius 2 is 1.93 bits per heavy atom. The Labute approximate surface area is 168 Å². The average molecular weight is 444 g/mol. The van der Waals surface area contributed by atoms with E-state index in [0.29, 0.717) is 0 Å². The van der Waals surface area contributed by atoms with Crippen LogP contribution in [-0.2, 0) is 16.7 Å². The quantitative estimate of drug-likeness (QED) is 0.183. The molecule has 14 heteroatoms. The molecule has 1 atom stereocenters. The Morgan fingerprint density at radius 3 is 2.52 bits per heavy atom. The van der Waals surface area contributed by atoms with Crippen LogP contribution in [0.15, 0.2) is 46.2 Å². The first-order valence-corrected chi connectivity index (χ1v) is 9.20. The normalized spacial score (nSPS) is 12.3. The molecule has 2 heterocycles. The summed E-state index contributed by atoms with van der Waals surface area (Å²) >= 11 is 0. The summed E-state index contributed by atoms with van der Waals surface area (Å²) in [7, 11) is -4.60. The van der Waals surface area contributed by atoms with Gasteiger partial charge in [0.1, 0.15) is 0 Å². The molecule has 0 radical (unpaired) electrons. The van der Waals surface area contributed by atoms with Gasteiger partial charge >= 0.3 is 11.1 Å². The third kappa shape index (κ3) is 4.83. The van der Waals surface area contributed by atoms with Crippen LogP contribution >= 0.6 is 12.4 Å². The molecule has 0 saturated carbocycles. The van der Waals surface area contributed by atoms with Crippen LogP contribution in [0.25, 0.3) is 11.0 Å². The lowest BCUT2D eigenvalue weighted by molar-refractivity contribution is -0.384. The number of benzene rings is 1. The van der Waals surface area contributed by atoms with Crippen molar-refractivity contribution < 1.29 is 17.9 Å². The topological polar surface area (TPSA) is 188 Å². The van der Waals surface area contributed by atoms with Crippen LogP contribution in [0.1, 0.15) is 16.5 Å². The van der Waals surface area contributed by atoms with Crippen molar-refractivity contribution in [1.29, 1.82) is 0 Å². The largest absolute Gasteiger partial charge is 0.316 e. The number of halogens is 1. The maximum absolute atomic E-state index is 11.7. The van der Waals surface area contributed by atoms with Gasteiger partial charge in [0.2, 0.25) is 0 Å². The molecular weight excluding hydrogens is 430 g/mol. The summed E-state index contributed by atoms with van der Waals surface area (Å²) < 4.78 is 33.0. The number of hydrogen-bond acceptors (Lipinski definition) is 8. The second-order valence-electron chi connectivity index (χ2n) is 5.76. The van der Waals surface area contributed by atoms with Crippen molar-refractivity contribution in [2.45, 2.75) is 11.9 Å². The predicted octanol–water partition coefficient (Wildman–Crippen LogP) is 0.618. The molecule has 3 rings (SSSR count). The summed E-state index contributed by atoms with van der Waals surface area (Å²) in [6.45, 7) is -0.292. The molecule has 0 saturated heterocycles. The van der Waals surface area contributed by atoms with E-state index in [1.807, 2.05) is 0 Å². The number of nitro benzene ring substituents is 1. The average Bonchev–Trinajstić information content (AvgIpc) is 2.62. The summed E-state index contributed by atoms with van der Waals surface area (Å²) in [5.41, 5.74) is -1.98. The van der Waals surface area contributed by atoms with Crippen LogP contribution in [0.5, 0.6) is 0 Å². The zero-order chi connectivity index (χ0) is 20.5. The summed E-state index contributed by atoms with van der Waals surface area (Å²) in [5.74, 6) is 0. The molecule has 0 amide bonds. The van der Waals surface area contributed by atoms with Crippen molar-refractivity contribution in [1.82, 2.24) is 20.3 Å². The van der Waals surface area contributed by atoms with Crippen LogP contribution in [0.2, 0.25) is 0 Å². The van der Waals surface area contributed by atoms with Crippen LogP contribution in [-0.4, -0.2) is 32.8 Å². The van der Waals surface area contributed by atoms with Crippen molar-refractivity contribution >= 4 is 39.2 Å². The molecule has 4 N–H and O–H groups in total. The minimum Gasteiger partial charge on any atom is -0.316 e. The SMILES string of the molecule is Cl.O=c1[nH]c2cc([N+](=O)[O-])cc(CNC(c3cccnc3)S(=O)(=O)O)c2[nH]c1=O. The van der Waals surface area contributed by atoms with E-state index in [2.05, 4.69) is 20.3 Å². The fraction of sp³-hybridized carbons (Fsp3) is 0.133. The zero-order valence-corrected chi connectivity index (χ0v) is 16.0. The lowest BCUT2D eigenvalue weighted by atomic mass is 10.1. The number of pyridine rings is 1. The molecule has 0 aliphatic rings. The van der Waals surface area contributed by atoms with E-state index in [1.165, 1.54) is 24.5 Å². The van der Waals surface area contributed by atoms with Gasteiger partial charge in [-0.25, -0.2) is 0 Å². The van der Waals surface area contributed by atoms with E-state index in [4.69, 9.17) is 0 Å². The molecule has 2 aromatic heterocycles. The first kappa shape index (κ1) is 22.2. The van der Waals surface area contributed by atoms with Crippen molar-refractivity contribution in [2.24, 2.45) is 0 Å². The number of aromatic amines is 2. The molecule has 3 aromatic rings. The molecule has 154 valence electrons. The minimum atomic E-state index is -4.60. The zero-order valence-electron chi connectivity index (χ0n) is 14.4. The molecule has 0 bridgehead atoms. The van der Waals surface area contributed by atoms with Gasteiger partial charge in [-0.05, 0) is 11.6 Å². The Balaban J connectivity index is 0.00000300. The van der Waals surface area contributed by atoms with Crippen molar-refractivity contribution in [3.8, 4) is 0 Å². The summed E-state index contributed by atoms with van der Waals surface area (Å²) in [6.07, 6.45) is 2.65. The van der Waals surface area contributed by atoms with Gasteiger partial charge in [-0.3, -0.25) is 34.6 Å². The molecule has 29 heavy (non-hydrogen) atoms. The summed E-state index contributed by atoms with van der Waals surface area (Å²) in [6, 6.07) is 5.08. The van der Waals surface area contributed by atoms with Gasteiger partial charge in [0.25, 0.3) is 15.8 Å². The van der Waals surface area contributed by atoms with E-state index in [0.717, 1.165) is 12.1 Å². The Hall–Kier alpha value is -3.13. The highest BCUT2D eigenvalue weighted by Gasteiger charge is 2.25. The monoisotopic (exact) mass is 443 g/mol. The number of aromatic nitrogens is 3. The van der Waals surface area contributed by atoms with Crippen LogP contribution < -0.4 is 16.4 Å². The lowest BCUT2D eigenvalue weighted by Crippen LogP contribution is -2.31. The molecular formula is C15H14ClN5O7S. The fourth-order valence-electron chi connectivity index (χ4n) is 2.65. The molecule has 0 aliphatic carbocycles. The van der Waals surface area contributed by atoms with E-state index in [-0.39, 0.29) is 46.8 Å². The molecule has 1 aromatic carbocycles. The fourth-order valence-corrected chi connectivity index (χ4v) is 3.43. The standard InChI is InChI=1S/C15H13N5O7S.ClH/c21-13-14(22)19-12-9(4-10(20(23)24)5-11(12)18-13)7-17-15(28(25,26)27)8-2-1-3-16-6-8;/h1-6,15,17H,7H2,(H,18,21)(H,19,22)(H,25,26,27);1H. The van der Waals surface area contributed by atoms with Crippen LogP contribution in [0, 0.1) is 10.1 Å². The number of rotatable bonds is 6. The highest BCUT2D eigenvalue weighted by Crippen LogP contribution is 2.23. The van der Waals surface area contributed by atoms with Gasteiger partial charge in [0, 0.05) is 36.6 Å². The van der Waals surface area contributed by atoms with Gasteiger partial charge in [0.15, 0.2) is 5.37 Å². The van der Waals surface area contributed by atoms with E-state index < -0.39 is 31.5 Å². The van der Waals surface area contributed by atoms with Crippen molar-refractivity contribution in [3.63, 3.8) is 0 Å². The van der Waals surface area contributed by atoms with E-state index >= 15 is 0 Å². The predicted molar refractivity (Wildman–Crippen MR) is 104 cm³/mol. The Bertz CT molecular complexity index is 1270. The Morgan fingerprint density at radius 1 is 1.24 bits per heavy atom. The third-order valence-electron chi connectivity index (χ3n) is 3.87. The van der Waals surface area contributed by atoms with Gasteiger partial charge in [-0.1, -0.05) is 6.07 Å². The van der Waals surface area contributed by atoms with Gasteiger partial charge in [0.05, 0.1) is 16.0 Å². The molecule has 1 unspecified atom stereocenters. The minimum absolute atomic E-state index is 0. The number of nitrogens with zero attached hydrogens (tertiary/aromatic N) is 2. The summed E-state index contributed by atoms with van der Waals surface area (Å²) in [5, 5.41) is 12.1. The van der Waals surface area contributed by atoms with Gasteiger partial charge in [-0.2, -0.15) is 8.42 Å². The summed E-state index contributed by atoms with van der Waals surface area (Å²) in [4.78, 5) is 41.9. The van der Waals surface area contributed by atoms with Crippen molar-refractivity contribution in [3.05, 3.63) is 78.6 Å². The molecule has 0 spiro atoms. The van der Waals surface area contributed by atoms with Crippen LogP contribution in [0.3, 0.4) is 0 Å². The number of fused-ring (bicyclic) bond motifs is 1. The van der Waals surface area contributed by atoms with E-state index in [1.54, 1.807) is 0 Å². The van der Waals surface area contributed by atoms with Crippen LogP contribution in [0.4, 0.5) is 5.69 Å². The molecule has 12 nitrogen and oxygen atoms in total. The number of H-pyrrole nitrogens is 2. The molecule has 0 fully saturated rings. The highest BCUT2D eigenvalue weighted by atomic mass is 35.5. The molecule has 0 aliphatic heterocycles. The van der Waals surface area contributed by atoms with E-state index in [9.17, 15) is 32.7 Å². The first-order valence-electron chi connectivity index (χ1n) is 7.70. The number of nitrogens with one attached hydrogen (secondary N) is 3. The smallest absolute Gasteiger partial charge is 0.314 e. The Kier molecular flexibility index (Phi) is 6.48. The maximum Gasteiger partial charge on any atom is 0.314 e. The van der Waals surface area contributed by atoms with Gasteiger partial charge in [-0.15, -0.1) is 12.4 Å².